The molecule has 0 aliphatic carbocycles. The van der Waals surface area contributed by atoms with E-state index in [1.807, 2.05) is 20.8 Å². The van der Waals surface area contributed by atoms with Crippen LogP contribution in [-0.4, -0.2) is 16.3 Å². The SMILES string of the molecule is CC.Cc1cnc(C=O)cn1. The molecule has 0 atom stereocenters. The first-order valence-corrected chi connectivity index (χ1v) is 3.57. The van der Waals surface area contributed by atoms with Crippen molar-refractivity contribution in [1.29, 1.82) is 0 Å². The minimum Gasteiger partial charge on any atom is -0.296 e. The molecule has 0 bridgehead atoms. The summed E-state index contributed by atoms with van der Waals surface area (Å²) in [7, 11) is 0. The Balaban J connectivity index is 0.000000461. The number of aromatic nitrogens is 2. The lowest BCUT2D eigenvalue weighted by atomic mass is 10.4. The van der Waals surface area contributed by atoms with Gasteiger partial charge in [0.2, 0.25) is 0 Å². The lowest BCUT2D eigenvalue weighted by Crippen LogP contribution is -1.88. The molecule has 0 unspecified atom stereocenters. The molecule has 1 aromatic heterocycles. The molecule has 0 amide bonds. The van der Waals surface area contributed by atoms with Crippen molar-refractivity contribution in [1.82, 2.24) is 9.97 Å². The predicted molar refractivity (Wildman–Crippen MR) is 43.5 cm³/mol. The highest BCUT2D eigenvalue weighted by Gasteiger charge is 1.88. The summed E-state index contributed by atoms with van der Waals surface area (Å²) in [5.41, 5.74) is 1.20. The Morgan fingerprint density at radius 3 is 2.27 bits per heavy atom. The number of aldehydes is 1. The maximum absolute atomic E-state index is 10.0. The van der Waals surface area contributed by atoms with E-state index in [0.29, 0.717) is 12.0 Å². The van der Waals surface area contributed by atoms with E-state index in [1.54, 1.807) is 6.20 Å². The van der Waals surface area contributed by atoms with E-state index in [2.05, 4.69) is 9.97 Å². The summed E-state index contributed by atoms with van der Waals surface area (Å²) >= 11 is 0. The summed E-state index contributed by atoms with van der Waals surface area (Å²) < 4.78 is 0. The van der Waals surface area contributed by atoms with Crippen molar-refractivity contribution in [2.75, 3.05) is 0 Å². The monoisotopic (exact) mass is 152 g/mol. The topological polar surface area (TPSA) is 42.9 Å². The lowest BCUT2D eigenvalue weighted by Gasteiger charge is -1.87. The molecule has 0 saturated heterocycles. The maximum atomic E-state index is 10.0. The molecule has 11 heavy (non-hydrogen) atoms. The number of carbonyl (C=O) groups is 1. The van der Waals surface area contributed by atoms with Gasteiger partial charge in [-0.25, -0.2) is 4.98 Å². The number of carbonyl (C=O) groups excluding carboxylic acids is 1. The maximum Gasteiger partial charge on any atom is 0.170 e. The third-order valence-electron chi connectivity index (χ3n) is 0.922. The molecule has 0 aliphatic heterocycles. The molecule has 0 radical (unpaired) electrons. The van der Waals surface area contributed by atoms with Crippen LogP contribution in [0.4, 0.5) is 0 Å². The smallest absolute Gasteiger partial charge is 0.170 e. The van der Waals surface area contributed by atoms with E-state index in [4.69, 9.17) is 0 Å². The van der Waals surface area contributed by atoms with Gasteiger partial charge in [0.15, 0.2) is 6.29 Å². The first kappa shape index (κ1) is 9.75. The summed E-state index contributed by atoms with van der Waals surface area (Å²) in [6.45, 7) is 5.82. The Labute approximate surface area is 66.5 Å². The first-order chi connectivity index (χ1) is 5.33. The molecule has 0 N–H and O–H groups in total. The predicted octanol–water partition coefficient (Wildman–Crippen LogP) is 1.62. The van der Waals surface area contributed by atoms with Crippen LogP contribution in [0.1, 0.15) is 30.0 Å². The molecule has 0 spiro atoms. The summed E-state index contributed by atoms with van der Waals surface area (Å²) in [5.74, 6) is 0. The van der Waals surface area contributed by atoms with Crippen molar-refractivity contribution in [2.45, 2.75) is 20.8 Å². The fourth-order valence-electron chi connectivity index (χ4n) is 0.463. The molecule has 3 heteroatoms. The van der Waals surface area contributed by atoms with Crippen LogP contribution >= 0.6 is 0 Å². The van der Waals surface area contributed by atoms with Gasteiger partial charge in [0.05, 0.1) is 11.9 Å². The molecular weight excluding hydrogens is 140 g/mol. The number of aryl methyl sites for hydroxylation is 1. The zero-order valence-electron chi connectivity index (χ0n) is 7.03. The molecule has 0 aliphatic rings. The highest BCUT2D eigenvalue weighted by molar-refractivity contribution is 5.70. The number of hydrogen-bond donors (Lipinski definition) is 0. The van der Waals surface area contributed by atoms with Crippen LogP contribution in [-0.2, 0) is 0 Å². The standard InChI is InChI=1S/C6H6N2O.C2H6/c1-5-2-8-6(4-9)3-7-5;1-2/h2-4H,1H3;1-2H3. The molecule has 60 valence electrons. The van der Waals surface area contributed by atoms with E-state index < -0.39 is 0 Å². The van der Waals surface area contributed by atoms with Crippen LogP contribution in [0.3, 0.4) is 0 Å². The summed E-state index contributed by atoms with van der Waals surface area (Å²) in [6, 6.07) is 0. The van der Waals surface area contributed by atoms with E-state index in [-0.39, 0.29) is 0 Å². The third-order valence-corrected chi connectivity index (χ3v) is 0.922. The second kappa shape index (κ2) is 5.53. The van der Waals surface area contributed by atoms with Crippen molar-refractivity contribution in [3.05, 3.63) is 23.8 Å². The number of nitrogens with zero attached hydrogens (tertiary/aromatic N) is 2. The molecule has 1 aromatic rings. The quantitative estimate of drug-likeness (QED) is 0.574. The number of hydrogen-bond acceptors (Lipinski definition) is 3. The van der Waals surface area contributed by atoms with Crippen LogP contribution in [0.25, 0.3) is 0 Å². The second-order valence-electron chi connectivity index (χ2n) is 1.70. The molecule has 0 fully saturated rings. The molecular formula is C8H12N2O. The minimum atomic E-state index is 0.376. The van der Waals surface area contributed by atoms with Crippen molar-refractivity contribution in [2.24, 2.45) is 0 Å². The Morgan fingerprint density at radius 1 is 1.27 bits per heavy atom. The van der Waals surface area contributed by atoms with Crippen molar-refractivity contribution in [3.8, 4) is 0 Å². The van der Waals surface area contributed by atoms with Crippen molar-refractivity contribution >= 4 is 6.29 Å². The van der Waals surface area contributed by atoms with Crippen molar-refractivity contribution < 1.29 is 4.79 Å². The highest BCUT2D eigenvalue weighted by atomic mass is 16.1. The molecule has 1 heterocycles. The van der Waals surface area contributed by atoms with Gasteiger partial charge in [-0.2, -0.15) is 0 Å². The minimum absolute atomic E-state index is 0.376. The van der Waals surface area contributed by atoms with Gasteiger partial charge < -0.3 is 0 Å². The van der Waals surface area contributed by atoms with E-state index >= 15 is 0 Å². The second-order valence-corrected chi connectivity index (χ2v) is 1.70. The van der Waals surface area contributed by atoms with E-state index in [9.17, 15) is 4.79 Å². The van der Waals surface area contributed by atoms with Crippen LogP contribution in [0.15, 0.2) is 12.4 Å². The van der Waals surface area contributed by atoms with Gasteiger partial charge in [0.25, 0.3) is 0 Å². The third kappa shape index (κ3) is 3.45. The summed E-state index contributed by atoms with van der Waals surface area (Å²) in [5, 5.41) is 0. The van der Waals surface area contributed by atoms with Crippen LogP contribution < -0.4 is 0 Å². The first-order valence-electron chi connectivity index (χ1n) is 3.57. The van der Waals surface area contributed by atoms with Gasteiger partial charge in [-0.15, -0.1) is 0 Å². The normalized spacial score (nSPS) is 7.91. The van der Waals surface area contributed by atoms with Crippen LogP contribution in [0.2, 0.25) is 0 Å². The summed E-state index contributed by atoms with van der Waals surface area (Å²) in [4.78, 5) is 17.6. The van der Waals surface area contributed by atoms with Crippen LogP contribution in [0.5, 0.6) is 0 Å². The zero-order valence-corrected chi connectivity index (χ0v) is 7.03. The van der Waals surface area contributed by atoms with Gasteiger partial charge in [0, 0.05) is 6.20 Å². The fraction of sp³-hybridized carbons (Fsp3) is 0.375. The fourth-order valence-corrected chi connectivity index (χ4v) is 0.463. The van der Waals surface area contributed by atoms with Gasteiger partial charge in [0.1, 0.15) is 5.69 Å². The Bertz CT molecular complexity index is 206. The molecule has 3 nitrogen and oxygen atoms in total. The largest absolute Gasteiger partial charge is 0.296 e. The zero-order chi connectivity index (χ0) is 8.69. The van der Waals surface area contributed by atoms with Crippen LogP contribution in [0, 0.1) is 6.92 Å². The molecule has 1 rings (SSSR count). The lowest BCUT2D eigenvalue weighted by molar-refractivity contribution is 0.111. The highest BCUT2D eigenvalue weighted by Crippen LogP contribution is 1.88. The summed E-state index contributed by atoms with van der Waals surface area (Å²) in [6.07, 6.45) is 3.68. The Kier molecular flexibility index (Phi) is 4.90. The Morgan fingerprint density at radius 2 is 1.91 bits per heavy atom. The van der Waals surface area contributed by atoms with Crippen molar-refractivity contribution in [3.63, 3.8) is 0 Å². The molecule has 0 aromatic carbocycles. The van der Waals surface area contributed by atoms with Gasteiger partial charge in [-0.3, -0.25) is 9.78 Å². The van der Waals surface area contributed by atoms with Gasteiger partial charge in [-0.05, 0) is 6.92 Å². The van der Waals surface area contributed by atoms with E-state index in [1.165, 1.54) is 6.20 Å². The average Bonchev–Trinajstić information content (AvgIpc) is 2.10. The number of rotatable bonds is 1. The molecule has 0 saturated carbocycles. The van der Waals surface area contributed by atoms with Gasteiger partial charge in [-0.1, -0.05) is 13.8 Å². The Hall–Kier alpha value is -1.25. The van der Waals surface area contributed by atoms with E-state index in [0.717, 1.165) is 5.69 Å². The average molecular weight is 152 g/mol. The van der Waals surface area contributed by atoms with Gasteiger partial charge >= 0.3 is 0 Å².